The molecule has 2 unspecified atom stereocenters. The number of methoxy groups -OCH3 is 1. The summed E-state index contributed by atoms with van der Waals surface area (Å²) in [5, 5.41) is 17.3. The van der Waals surface area contributed by atoms with E-state index in [9.17, 15) is 19.5 Å². The molecule has 1 saturated heterocycles. The van der Waals surface area contributed by atoms with Gasteiger partial charge in [-0.15, -0.1) is 0 Å². The topological polar surface area (TPSA) is 131 Å². The molecule has 0 aliphatic carbocycles. The number of cyclic esters (lactones) is 1. The second-order valence-corrected chi connectivity index (χ2v) is 8.65. The standard InChI is InChI=1S/C25H26N4O7/c1-34-18-5-2-15-3-7-24(32)29(21(15)9-18)12-17(30)10-26-11-19-13-28(25(33)36-19)16-4-6-22-20(8-16)27-23(31)14-35-22/h2-9,17,19,26,30H,10-14H2,1H3,(H,27,31). The maximum absolute atomic E-state index is 12.5. The number of anilines is 2. The summed E-state index contributed by atoms with van der Waals surface area (Å²) in [4.78, 5) is 38.0. The van der Waals surface area contributed by atoms with Crippen LogP contribution in [-0.2, 0) is 16.1 Å². The number of carbonyl (C=O) groups is 2. The van der Waals surface area contributed by atoms with E-state index < -0.39 is 18.3 Å². The number of aliphatic hydroxyl groups is 1. The highest BCUT2D eigenvalue weighted by atomic mass is 16.6. The highest BCUT2D eigenvalue weighted by molar-refractivity contribution is 5.97. The van der Waals surface area contributed by atoms with Gasteiger partial charge in [-0.2, -0.15) is 0 Å². The summed E-state index contributed by atoms with van der Waals surface area (Å²) in [7, 11) is 1.56. The third kappa shape index (κ3) is 4.83. The SMILES string of the molecule is COc1ccc2ccc(=O)n(CC(O)CNCC3CN(c4ccc5c(c4)NC(=O)CO5)C(=O)O3)c2c1. The van der Waals surface area contributed by atoms with Crippen LogP contribution in [0.2, 0.25) is 0 Å². The van der Waals surface area contributed by atoms with Gasteiger partial charge >= 0.3 is 6.09 Å². The first-order chi connectivity index (χ1) is 17.4. The van der Waals surface area contributed by atoms with Crippen LogP contribution in [0.3, 0.4) is 0 Å². The lowest BCUT2D eigenvalue weighted by atomic mass is 10.2. The van der Waals surface area contributed by atoms with E-state index in [-0.39, 0.29) is 31.2 Å². The second kappa shape index (κ2) is 9.88. The Labute approximate surface area is 206 Å². The number of nitrogens with one attached hydrogen (secondary N) is 2. The Morgan fingerprint density at radius 3 is 2.83 bits per heavy atom. The zero-order valence-electron chi connectivity index (χ0n) is 19.6. The molecule has 1 aromatic heterocycles. The molecule has 2 aliphatic heterocycles. The molecule has 2 aromatic carbocycles. The number of amides is 2. The molecule has 188 valence electrons. The Morgan fingerprint density at radius 1 is 1.17 bits per heavy atom. The summed E-state index contributed by atoms with van der Waals surface area (Å²) in [5.41, 5.74) is 1.54. The van der Waals surface area contributed by atoms with Crippen LogP contribution in [0.5, 0.6) is 11.5 Å². The van der Waals surface area contributed by atoms with Crippen LogP contribution in [0.25, 0.3) is 10.9 Å². The number of aliphatic hydroxyl groups excluding tert-OH is 1. The van der Waals surface area contributed by atoms with Crippen LogP contribution in [0.1, 0.15) is 0 Å². The highest BCUT2D eigenvalue weighted by Gasteiger charge is 2.33. The third-order valence-electron chi connectivity index (χ3n) is 6.13. The second-order valence-electron chi connectivity index (χ2n) is 8.65. The fourth-order valence-electron chi connectivity index (χ4n) is 4.35. The van der Waals surface area contributed by atoms with E-state index in [1.165, 1.54) is 15.5 Å². The molecule has 0 spiro atoms. The molecule has 2 atom stereocenters. The lowest BCUT2D eigenvalue weighted by Gasteiger charge is -2.20. The number of carbonyl (C=O) groups excluding carboxylic acids is 2. The van der Waals surface area contributed by atoms with Crippen molar-refractivity contribution >= 4 is 34.3 Å². The number of hydrogen-bond donors (Lipinski definition) is 3. The van der Waals surface area contributed by atoms with Gasteiger partial charge in [0.15, 0.2) is 6.61 Å². The molecule has 3 aromatic rings. The molecule has 1 fully saturated rings. The van der Waals surface area contributed by atoms with E-state index in [0.29, 0.717) is 41.5 Å². The van der Waals surface area contributed by atoms with Crippen LogP contribution in [-0.4, -0.2) is 67.2 Å². The predicted molar refractivity (Wildman–Crippen MR) is 132 cm³/mol. The molecule has 36 heavy (non-hydrogen) atoms. The van der Waals surface area contributed by atoms with Gasteiger partial charge < -0.3 is 34.5 Å². The number of nitrogens with zero attached hydrogens (tertiary/aromatic N) is 2. The van der Waals surface area contributed by atoms with Crippen molar-refractivity contribution in [1.82, 2.24) is 9.88 Å². The van der Waals surface area contributed by atoms with Gasteiger partial charge in [-0.25, -0.2) is 4.79 Å². The summed E-state index contributed by atoms with van der Waals surface area (Å²) in [5.74, 6) is 0.909. The lowest BCUT2D eigenvalue weighted by molar-refractivity contribution is -0.118. The molecule has 2 aliphatic rings. The number of pyridine rings is 1. The quantitative estimate of drug-likeness (QED) is 0.427. The molecule has 3 N–H and O–H groups in total. The average molecular weight is 495 g/mol. The zero-order chi connectivity index (χ0) is 25.2. The fourth-order valence-corrected chi connectivity index (χ4v) is 4.35. The molecule has 0 saturated carbocycles. The normalized spacial score (nSPS) is 17.8. The van der Waals surface area contributed by atoms with Crippen molar-refractivity contribution in [3.8, 4) is 11.5 Å². The molecule has 0 bridgehead atoms. The maximum atomic E-state index is 12.5. The summed E-state index contributed by atoms with van der Waals surface area (Å²) in [6, 6.07) is 13.7. The van der Waals surface area contributed by atoms with Gasteiger partial charge in [0.25, 0.3) is 11.5 Å². The number of rotatable bonds is 8. The molecule has 11 nitrogen and oxygen atoms in total. The Kier molecular flexibility index (Phi) is 6.49. The zero-order valence-corrected chi connectivity index (χ0v) is 19.6. The number of ether oxygens (including phenoxy) is 3. The van der Waals surface area contributed by atoms with E-state index in [1.54, 1.807) is 37.4 Å². The van der Waals surface area contributed by atoms with Crippen molar-refractivity contribution in [2.75, 3.05) is 43.6 Å². The fraction of sp³-hybridized carbons (Fsp3) is 0.320. The molecule has 2 amide bonds. The molecule has 0 radical (unpaired) electrons. The highest BCUT2D eigenvalue weighted by Crippen LogP contribution is 2.33. The van der Waals surface area contributed by atoms with Crippen LogP contribution in [0.15, 0.2) is 53.3 Å². The Bertz CT molecular complexity index is 1370. The van der Waals surface area contributed by atoms with E-state index in [0.717, 1.165) is 5.39 Å². The van der Waals surface area contributed by atoms with Crippen LogP contribution in [0, 0.1) is 0 Å². The number of fused-ring (bicyclic) bond motifs is 2. The van der Waals surface area contributed by atoms with E-state index in [2.05, 4.69) is 10.6 Å². The van der Waals surface area contributed by atoms with Crippen LogP contribution in [0.4, 0.5) is 16.2 Å². The van der Waals surface area contributed by atoms with Crippen molar-refractivity contribution in [3.05, 3.63) is 58.9 Å². The maximum Gasteiger partial charge on any atom is 0.414 e. The van der Waals surface area contributed by atoms with Crippen LogP contribution < -0.4 is 30.6 Å². The molecule has 5 rings (SSSR count). The molecule has 11 heteroatoms. The first kappa shape index (κ1) is 23.6. The van der Waals surface area contributed by atoms with E-state index in [1.807, 2.05) is 12.1 Å². The molecular formula is C25H26N4O7. The van der Waals surface area contributed by atoms with Gasteiger partial charge in [-0.1, -0.05) is 0 Å². The van der Waals surface area contributed by atoms with Crippen molar-refractivity contribution in [2.24, 2.45) is 0 Å². The average Bonchev–Trinajstić information content (AvgIpc) is 3.25. The predicted octanol–water partition coefficient (Wildman–Crippen LogP) is 1.32. The summed E-state index contributed by atoms with van der Waals surface area (Å²) >= 11 is 0. The van der Waals surface area contributed by atoms with Crippen molar-refractivity contribution in [2.45, 2.75) is 18.8 Å². The first-order valence-electron chi connectivity index (χ1n) is 11.5. The monoisotopic (exact) mass is 494 g/mol. The minimum Gasteiger partial charge on any atom is -0.497 e. The number of hydrogen-bond acceptors (Lipinski definition) is 8. The molecular weight excluding hydrogens is 468 g/mol. The Morgan fingerprint density at radius 2 is 2.00 bits per heavy atom. The largest absolute Gasteiger partial charge is 0.497 e. The Balaban J connectivity index is 1.17. The smallest absolute Gasteiger partial charge is 0.414 e. The minimum absolute atomic E-state index is 0.0407. The minimum atomic E-state index is -0.850. The third-order valence-corrected chi connectivity index (χ3v) is 6.13. The van der Waals surface area contributed by atoms with Gasteiger partial charge in [0.05, 0.1) is 37.5 Å². The van der Waals surface area contributed by atoms with Gasteiger partial charge in [-0.3, -0.25) is 14.5 Å². The van der Waals surface area contributed by atoms with Gasteiger partial charge in [0.2, 0.25) is 0 Å². The summed E-state index contributed by atoms with van der Waals surface area (Å²) in [6.45, 7) is 0.875. The summed E-state index contributed by atoms with van der Waals surface area (Å²) in [6.07, 6.45) is -1.78. The number of benzene rings is 2. The molecule has 3 heterocycles. The van der Waals surface area contributed by atoms with Crippen LogP contribution >= 0.6 is 0 Å². The van der Waals surface area contributed by atoms with E-state index in [4.69, 9.17) is 14.2 Å². The van der Waals surface area contributed by atoms with Gasteiger partial charge in [0, 0.05) is 30.9 Å². The van der Waals surface area contributed by atoms with Crippen molar-refractivity contribution < 1.29 is 28.9 Å². The van der Waals surface area contributed by atoms with Crippen molar-refractivity contribution in [1.29, 1.82) is 0 Å². The number of aromatic nitrogens is 1. The summed E-state index contributed by atoms with van der Waals surface area (Å²) < 4.78 is 17.6. The lowest BCUT2D eigenvalue weighted by Crippen LogP contribution is -2.38. The Hall–Kier alpha value is -4.09. The van der Waals surface area contributed by atoms with Crippen molar-refractivity contribution in [3.63, 3.8) is 0 Å². The van der Waals surface area contributed by atoms with E-state index >= 15 is 0 Å². The van der Waals surface area contributed by atoms with Gasteiger partial charge in [0.1, 0.15) is 17.6 Å². The first-order valence-corrected chi connectivity index (χ1v) is 11.5. The van der Waals surface area contributed by atoms with Gasteiger partial charge in [-0.05, 0) is 41.8 Å².